The summed E-state index contributed by atoms with van der Waals surface area (Å²) in [6.45, 7) is 6.34. The average Bonchev–Trinajstić information content (AvgIpc) is 2.79. The highest BCUT2D eigenvalue weighted by atomic mass is 32.2. The molecule has 1 heterocycles. The van der Waals surface area contributed by atoms with Crippen LogP contribution in [0.2, 0.25) is 0 Å². The summed E-state index contributed by atoms with van der Waals surface area (Å²) < 4.78 is 5.23. The first-order valence-electron chi connectivity index (χ1n) is 6.20. The van der Waals surface area contributed by atoms with Gasteiger partial charge in [0.05, 0.1) is 5.75 Å². The van der Waals surface area contributed by atoms with E-state index in [1.165, 1.54) is 16.0 Å². The Morgan fingerprint density at radius 2 is 2.11 bits per heavy atom. The van der Waals surface area contributed by atoms with Crippen molar-refractivity contribution in [1.29, 1.82) is 0 Å². The summed E-state index contributed by atoms with van der Waals surface area (Å²) in [5.74, 6) is 2.26. The molecule has 2 aromatic rings. The summed E-state index contributed by atoms with van der Waals surface area (Å²) in [4.78, 5) is 5.65. The summed E-state index contributed by atoms with van der Waals surface area (Å²) in [6, 6.07) is 6.47. The zero-order valence-electron chi connectivity index (χ0n) is 11.1. The molecule has 0 aliphatic carbocycles. The summed E-state index contributed by atoms with van der Waals surface area (Å²) in [6.07, 6.45) is 1.93. The van der Waals surface area contributed by atoms with Crippen molar-refractivity contribution in [3.05, 3.63) is 41.0 Å². The number of hydrogen-bond acceptors (Lipinski definition) is 4. The van der Waals surface area contributed by atoms with Crippen LogP contribution in [0, 0.1) is 13.8 Å². The second-order valence-electron chi connectivity index (χ2n) is 4.41. The predicted octanol–water partition coefficient (Wildman–Crippen LogP) is 3.93. The van der Waals surface area contributed by atoms with Gasteiger partial charge in [-0.2, -0.15) is 4.98 Å². The van der Waals surface area contributed by atoms with Crippen LogP contribution in [-0.4, -0.2) is 10.1 Å². The van der Waals surface area contributed by atoms with Crippen LogP contribution in [0.15, 0.2) is 27.6 Å². The van der Waals surface area contributed by atoms with Crippen molar-refractivity contribution < 1.29 is 4.52 Å². The Morgan fingerprint density at radius 3 is 2.89 bits per heavy atom. The first-order valence-corrected chi connectivity index (χ1v) is 7.19. The number of benzene rings is 1. The van der Waals surface area contributed by atoms with E-state index in [-0.39, 0.29) is 0 Å². The van der Waals surface area contributed by atoms with Crippen LogP contribution >= 0.6 is 11.8 Å². The number of nitrogens with zero attached hydrogens (tertiary/aromatic N) is 2. The first-order chi connectivity index (χ1) is 8.69. The fraction of sp³-hybridized carbons (Fsp3) is 0.429. The summed E-state index contributed by atoms with van der Waals surface area (Å²) in [7, 11) is 0. The molecule has 2 rings (SSSR count). The lowest BCUT2D eigenvalue weighted by Crippen LogP contribution is -1.87. The van der Waals surface area contributed by atoms with Gasteiger partial charge in [0, 0.05) is 11.3 Å². The molecule has 18 heavy (non-hydrogen) atoms. The van der Waals surface area contributed by atoms with E-state index >= 15 is 0 Å². The molecule has 4 heteroatoms. The van der Waals surface area contributed by atoms with E-state index in [1.54, 1.807) is 11.8 Å². The fourth-order valence-corrected chi connectivity index (χ4v) is 2.64. The maximum Gasteiger partial charge on any atom is 0.237 e. The molecule has 96 valence electrons. The minimum atomic E-state index is 0.712. The zero-order valence-corrected chi connectivity index (χ0v) is 11.9. The average molecular weight is 262 g/mol. The van der Waals surface area contributed by atoms with E-state index in [0.717, 1.165) is 24.4 Å². The Bertz CT molecular complexity index is 522. The van der Waals surface area contributed by atoms with Gasteiger partial charge in [-0.1, -0.05) is 29.8 Å². The summed E-state index contributed by atoms with van der Waals surface area (Å²) >= 11 is 1.75. The van der Waals surface area contributed by atoms with Crippen molar-refractivity contribution in [2.24, 2.45) is 0 Å². The van der Waals surface area contributed by atoms with Crippen LogP contribution in [0.5, 0.6) is 0 Å². The van der Waals surface area contributed by atoms with Crippen molar-refractivity contribution in [3.8, 4) is 0 Å². The molecule has 0 aliphatic heterocycles. The molecule has 0 saturated heterocycles. The molecule has 1 aromatic carbocycles. The van der Waals surface area contributed by atoms with Crippen molar-refractivity contribution >= 4 is 11.8 Å². The van der Waals surface area contributed by atoms with Gasteiger partial charge < -0.3 is 4.52 Å². The second-order valence-corrected chi connectivity index (χ2v) is 5.43. The van der Waals surface area contributed by atoms with Gasteiger partial charge in [-0.15, -0.1) is 11.8 Å². The van der Waals surface area contributed by atoms with Crippen molar-refractivity contribution in [1.82, 2.24) is 10.1 Å². The number of aromatic nitrogens is 2. The Kier molecular flexibility index (Phi) is 4.42. The normalized spacial score (nSPS) is 10.8. The first kappa shape index (κ1) is 13.1. The third-order valence-corrected chi connectivity index (χ3v) is 3.82. The molecule has 0 N–H and O–H groups in total. The number of thioether (sulfide) groups is 1. The lowest BCUT2D eigenvalue weighted by Gasteiger charge is -2.04. The number of rotatable bonds is 5. The summed E-state index contributed by atoms with van der Waals surface area (Å²) in [5.41, 5.74) is 2.57. The summed E-state index contributed by atoms with van der Waals surface area (Å²) in [5, 5.41) is 3.96. The number of aryl methyl sites for hydroxylation is 3. The van der Waals surface area contributed by atoms with Crippen LogP contribution < -0.4 is 0 Å². The van der Waals surface area contributed by atoms with Crippen LogP contribution in [-0.2, 0) is 12.2 Å². The smallest absolute Gasteiger partial charge is 0.237 e. The van der Waals surface area contributed by atoms with Gasteiger partial charge in [0.15, 0.2) is 5.82 Å². The monoisotopic (exact) mass is 262 g/mol. The molecule has 0 bridgehead atoms. The van der Waals surface area contributed by atoms with Gasteiger partial charge >= 0.3 is 0 Å². The van der Waals surface area contributed by atoms with E-state index in [1.807, 2.05) is 0 Å². The fourth-order valence-electron chi connectivity index (χ4n) is 1.68. The molecule has 0 fully saturated rings. The van der Waals surface area contributed by atoms with E-state index in [2.05, 4.69) is 49.1 Å². The van der Waals surface area contributed by atoms with Crippen LogP contribution in [0.3, 0.4) is 0 Å². The molecule has 0 unspecified atom stereocenters. The standard InChI is InChI=1S/C14H18N2OS/c1-4-5-13-15-14(17-16-13)9-18-12-8-10(2)6-7-11(12)3/h6-8H,4-5,9H2,1-3H3. The van der Waals surface area contributed by atoms with Gasteiger partial charge in [-0.05, 0) is 31.9 Å². The molecule has 0 radical (unpaired) electrons. The van der Waals surface area contributed by atoms with Crippen LogP contribution in [0.25, 0.3) is 0 Å². The van der Waals surface area contributed by atoms with Gasteiger partial charge in [-0.3, -0.25) is 0 Å². The molecule has 0 spiro atoms. The van der Waals surface area contributed by atoms with Gasteiger partial charge in [0.25, 0.3) is 0 Å². The van der Waals surface area contributed by atoms with Gasteiger partial charge in [0.2, 0.25) is 5.89 Å². The van der Waals surface area contributed by atoms with E-state index in [0.29, 0.717) is 5.89 Å². The lowest BCUT2D eigenvalue weighted by atomic mass is 10.2. The Labute approximate surface area is 112 Å². The molecule has 0 amide bonds. The van der Waals surface area contributed by atoms with Crippen LogP contribution in [0.1, 0.15) is 36.2 Å². The minimum absolute atomic E-state index is 0.712. The van der Waals surface area contributed by atoms with E-state index < -0.39 is 0 Å². The highest BCUT2D eigenvalue weighted by Crippen LogP contribution is 2.26. The molecule has 0 saturated carbocycles. The second kappa shape index (κ2) is 6.05. The number of hydrogen-bond donors (Lipinski definition) is 0. The largest absolute Gasteiger partial charge is 0.338 e. The highest BCUT2D eigenvalue weighted by molar-refractivity contribution is 7.98. The third-order valence-electron chi connectivity index (χ3n) is 2.68. The molecular formula is C14H18N2OS. The van der Waals surface area contributed by atoms with Gasteiger partial charge in [-0.25, -0.2) is 0 Å². The molecule has 0 aliphatic rings. The minimum Gasteiger partial charge on any atom is -0.338 e. The van der Waals surface area contributed by atoms with E-state index in [9.17, 15) is 0 Å². The third kappa shape index (κ3) is 3.35. The predicted molar refractivity (Wildman–Crippen MR) is 73.8 cm³/mol. The van der Waals surface area contributed by atoms with Gasteiger partial charge in [0.1, 0.15) is 0 Å². The topological polar surface area (TPSA) is 38.9 Å². The lowest BCUT2D eigenvalue weighted by molar-refractivity contribution is 0.384. The van der Waals surface area contributed by atoms with Crippen molar-refractivity contribution in [2.45, 2.75) is 44.3 Å². The van der Waals surface area contributed by atoms with Crippen molar-refractivity contribution in [3.63, 3.8) is 0 Å². The maximum atomic E-state index is 5.23. The quantitative estimate of drug-likeness (QED) is 0.765. The molecule has 3 nitrogen and oxygen atoms in total. The SMILES string of the molecule is CCCc1noc(CSc2cc(C)ccc2C)n1. The van der Waals surface area contributed by atoms with E-state index in [4.69, 9.17) is 4.52 Å². The van der Waals surface area contributed by atoms with Crippen LogP contribution in [0.4, 0.5) is 0 Å². The highest BCUT2D eigenvalue weighted by Gasteiger charge is 2.07. The molecule has 0 atom stereocenters. The Hall–Kier alpha value is -1.29. The molecule has 1 aromatic heterocycles. The van der Waals surface area contributed by atoms with Crippen molar-refractivity contribution in [2.75, 3.05) is 0 Å². The Morgan fingerprint density at radius 1 is 1.28 bits per heavy atom. The molecular weight excluding hydrogens is 244 g/mol. The Balaban J connectivity index is 1.99. The zero-order chi connectivity index (χ0) is 13.0. The maximum absolute atomic E-state index is 5.23.